The number of nitrogen functional groups attached to an aromatic ring is 1. The number of nitrogens with zero attached hydrogens (tertiary/aromatic N) is 4. The van der Waals surface area contributed by atoms with Gasteiger partial charge in [-0.05, 0) is 25.5 Å². The quantitative estimate of drug-likeness (QED) is 0.781. The average Bonchev–Trinajstić information content (AvgIpc) is 3.16. The van der Waals surface area contributed by atoms with E-state index >= 15 is 0 Å². The Hall–Kier alpha value is -2.61. The number of nitrogens with two attached hydrogens (primary N) is 1. The van der Waals surface area contributed by atoms with Crippen LogP contribution >= 0.6 is 0 Å². The van der Waals surface area contributed by atoms with E-state index in [0.29, 0.717) is 30.1 Å². The summed E-state index contributed by atoms with van der Waals surface area (Å²) in [6.07, 6.45) is 1.81. The molecule has 2 N–H and O–H groups in total. The second kappa shape index (κ2) is 5.48. The molecule has 2 aromatic heterocycles. The van der Waals surface area contributed by atoms with Crippen LogP contribution in [0.4, 0.5) is 14.7 Å². The lowest BCUT2D eigenvalue weighted by atomic mass is 10.1. The summed E-state index contributed by atoms with van der Waals surface area (Å²) in [6.45, 7) is 3.02. The van der Waals surface area contributed by atoms with E-state index in [0.717, 1.165) is 12.6 Å². The van der Waals surface area contributed by atoms with Crippen molar-refractivity contribution in [3.05, 3.63) is 35.8 Å². The fourth-order valence-corrected chi connectivity index (χ4v) is 3.18. The van der Waals surface area contributed by atoms with Crippen LogP contribution in [0.25, 0.3) is 22.3 Å². The molecule has 0 bridgehead atoms. The summed E-state index contributed by atoms with van der Waals surface area (Å²) < 4.78 is 36.0. The number of imidazole rings is 1. The summed E-state index contributed by atoms with van der Waals surface area (Å²) in [5, 5.41) is 0. The van der Waals surface area contributed by atoms with Crippen molar-refractivity contribution in [1.29, 1.82) is 0 Å². The highest BCUT2D eigenvalue weighted by Crippen LogP contribution is 2.32. The number of anilines is 1. The molecule has 4 rings (SSSR count). The van der Waals surface area contributed by atoms with Crippen molar-refractivity contribution in [3.8, 4) is 11.3 Å². The third kappa shape index (κ3) is 2.30. The number of aryl methyl sites for hydroxylation is 1. The molecule has 1 aliphatic heterocycles. The first-order valence-corrected chi connectivity index (χ1v) is 7.59. The van der Waals surface area contributed by atoms with Gasteiger partial charge >= 0.3 is 0 Å². The van der Waals surface area contributed by atoms with Crippen LogP contribution in [0.5, 0.6) is 0 Å². The second-order valence-corrected chi connectivity index (χ2v) is 5.80. The predicted octanol–water partition coefficient (Wildman–Crippen LogP) is 2.62. The second-order valence-electron chi connectivity index (χ2n) is 5.80. The van der Waals surface area contributed by atoms with Gasteiger partial charge in [-0.3, -0.25) is 0 Å². The molecule has 0 spiro atoms. The molecule has 1 unspecified atom stereocenters. The first-order valence-electron chi connectivity index (χ1n) is 7.59. The molecule has 8 heteroatoms. The Labute approximate surface area is 136 Å². The number of benzene rings is 1. The topological polar surface area (TPSA) is 78.9 Å². The predicted molar refractivity (Wildman–Crippen MR) is 84.3 cm³/mol. The van der Waals surface area contributed by atoms with E-state index in [4.69, 9.17) is 10.5 Å². The zero-order valence-electron chi connectivity index (χ0n) is 13.0. The van der Waals surface area contributed by atoms with Gasteiger partial charge in [0, 0.05) is 12.2 Å². The largest absolute Gasteiger partial charge is 0.379 e. The van der Waals surface area contributed by atoms with Crippen LogP contribution in [0.1, 0.15) is 18.3 Å². The molecule has 6 nitrogen and oxygen atoms in total. The van der Waals surface area contributed by atoms with E-state index in [-0.39, 0.29) is 23.2 Å². The van der Waals surface area contributed by atoms with Crippen LogP contribution in [0, 0.1) is 18.6 Å². The fraction of sp³-hybridized carbons (Fsp3) is 0.312. The number of rotatable bonds is 2. The molecule has 0 radical (unpaired) electrons. The molecule has 3 heterocycles. The molecule has 0 saturated carbocycles. The Balaban J connectivity index is 1.95. The van der Waals surface area contributed by atoms with Crippen LogP contribution < -0.4 is 5.73 Å². The van der Waals surface area contributed by atoms with Crippen LogP contribution in [-0.4, -0.2) is 32.7 Å². The number of halogens is 2. The Kier molecular flexibility index (Phi) is 3.42. The van der Waals surface area contributed by atoms with Crippen molar-refractivity contribution in [1.82, 2.24) is 19.5 Å². The highest BCUT2D eigenvalue weighted by atomic mass is 19.1. The fourth-order valence-electron chi connectivity index (χ4n) is 3.18. The van der Waals surface area contributed by atoms with E-state index in [9.17, 15) is 8.78 Å². The third-order valence-corrected chi connectivity index (χ3v) is 4.23. The summed E-state index contributed by atoms with van der Waals surface area (Å²) in [5.74, 6) is -0.560. The van der Waals surface area contributed by atoms with E-state index in [1.807, 2.05) is 11.5 Å². The molecular weight excluding hydrogens is 316 g/mol. The van der Waals surface area contributed by atoms with Gasteiger partial charge in [-0.1, -0.05) is 0 Å². The first-order chi connectivity index (χ1) is 11.5. The zero-order valence-corrected chi connectivity index (χ0v) is 13.0. The lowest BCUT2D eigenvalue weighted by Crippen LogP contribution is -2.10. The van der Waals surface area contributed by atoms with E-state index in [1.165, 1.54) is 6.07 Å². The van der Waals surface area contributed by atoms with Crippen molar-refractivity contribution >= 4 is 17.0 Å². The van der Waals surface area contributed by atoms with Gasteiger partial charge in [0.2, 0.25) is 5.95 Å². The summed E-state index contributed by atoms with van der Waals surface area (Å²) in [5.41, 5.74) is 6.65. The summed E-state index contributed by atoms with van der Waals surface area (Å²) in [4.78, 5) is 11.8. The summed E-state index contributed by atoms with van der Waals surface area (Å²) >= 11 is 0. The van der Waals surface area contributed by atoms with Gasteiger partial charge in [-0.15, -0.1) is 0 Å². The SMILES string of the molecule is Cc1nc2c(F)cc(-c3nc(N)ncc3F)cc2n1C1CCOC1. The smallest absolute Gasteiger partial charge is 0.220 e. The molecule has 0 aliphatic carbocycles. The average molecular weight is 331 g/mol. The Bertz CT molecular complexity index is 934. The highest BCUT2D eigenvalue weighted by Gasteiger charge is 2.24. The van der Waals surface area contributed by atoms with E-state index in [1.54, 1.807) is 6.07 Å². The highest BCUT2D eigenvalue weighted by molar-refractivity contribution is 5.83. The minimum atomic E-state index is -0.657. The lowest BCUT2D eigenvalue weighted by molar-refractivity contribution is 0.187. The van der Waals surface area contributed by atoms with Crippen molar-refractivity contribution in [2.24, 2.45) is 0 Å². The zero-order chi connectivity index (χ0) is 16.8. The maximum absolute atomic E-state index is 14.5. The van der Waals surface area contributed by atoms with E-state index in [2.05, 4.69) is 15.0 Å². The van der Waals surface area contributed by atoms with Gasteiger partial charge < -0.3 is 15.0 Å². The Morgan fingerprint density at radius 1 is 1.25 bits per heavy atom. The van der Waals surface area contributed by atoms with E-state index < -0.39 is 11.6 Å². The molecular formula is C16H15F2N5O. The maximum Gasteiger partial charge on any atom is 0.220 e. The van der Waals surface area contributed by atoms with Crippen LogP contribution in [-0.2, 0) is 4.74 Å². The van der Waals surface area contributed by atoms with Crippen molar-refractivity contribution < 1.29 is 13.5 Å². The van der Waals surface area contributed by atoms with Gasteiger partial charge in [0.05, 0.1) is 24.4 Å². The normalized spacial score (nSPS) is 17.7. The molecule has 1 aromatic carbocycles. The van der Waals surface area contributed by atoms with Crippen molar-refractivity contribution in [2.45, 2.75) is 19.4 Å². The Morgan fingerprint density at radius 2 is 2.08 bits per heavy atom. The van der Waals surface area contributed by atoms with Crippen LogP contribution in [0.2, 0.25) is 0 Å². The minimum absolute atomic E-state index is 0.0311. The van der Waals surface area contributed by atoms with Gasteiger partial charge in [-0.2, -0.15) is 0 Å². The van der Waals surface area contributed by atoms with Crippen molar-refractivity contribution in [2.75, 3.05) is 18.9 Å². The molecule has 3 aromatic rings. The first kappa shape index (κ1) is 14.9. The standard InChI is InChI=1S/C16H15F2N5O/c1-8-21-15-11(17)4-9(14-12(18)6-20-16(19)22-14)5-13(15)23(8)10-2-3-24-7-10/h4-6,10H,2-3,7H2,1H3,(H2,19,20,22). The molecule has 1 aliphatic rings. The molecule has 24 heavy (non-hydrogen) atoms. The van der Waals surface area contributed by atoms with Gasteiger partial charge in [0.15, 0.2) is 11.6 Å². The molecule has 1 saturated heterocycles. The van der Waals surface area contributed by atoms with Gasteiger partial charge in [0.1, 0.15) is 17.0 Å². The van der Waals surface area contributed by atoms with Crippen molar-refractivity contribution in [3.63, 3.8) is 0 Å². The van der Waals surface area contributed by atoms with Gasteiger partial charge in [0.25, 0.3) is 0 Å². The maximum atomic E-state index is 14.5. The monoisotopic (exact) mass is 331 g/mol. The number of fused-ring (bicyclic) bond motifs is 1. The molecule has 0 amide bonds. The number of aromatic nitrogens is 4. The third-order valence-electron chi connectivity index (χ3n) is 4.23. The van der Waals surface area contributed by atoms with Crippen LogP contribution in [0.15, 0.2) is 18.3 Å². The number of hydrogen-bond donors (Lipinski definition) is 1. The molecule has 1 fully saturated rings. The van der Waals surface area contributed by atoms with Gasteiger partial charge in [-0.25, -0.2) is 23.7 Å². The molecule has 1 atom stereocenters. The minimum Gasteiger partial charge on any atom is -0.379 e. The summed E-state index contributed by atoms with van der Waals surface area (Å²) in [6, 6.07) is 2.99. The molecule has 124 valence electrons. The van der Waals surface area contributed by atoms with Crippen LogP contribution in [0.3, 0.4) is 0 Å². The number of ether oxygens (including phenoxy) is 1. The number of hydrogen-bond acceptors (Lipinski definition) is 5. The summed E-state index contributed by atoms with van der Waals surface area (Å²) in [7, 11) is 0. The lowest BCUT2D eigenvalue weighted by Gasteiger charge is -2.14. The Morgan fingerprint density at radius 3 is 2.83 bits per heavy atom.